The summed E-state index contributed by atoms with van der Waals surface area (Å²) in [6.07, 6.45) is -2.33. The number of nitrogens with zero attached hydrogens (tertiary/aromatic N) is 2. The molecule has 6 nitrogen and oxygen atoms in total. The van der Waals surface area contributed by atoms with E-state index in [1.807, 2.05) is 0 Å². The molecule has 0 heterocycles. The van der Waals surface area contributed by atoms with Crippen molar-refractivity contribution in [3.63, 3.8) is 0 Å². The summed E-state index contributed by atoms with van der Waals surface area (Å²) in [5, 5.41) is 0. The first-order valence-corrected chi connectivity index (χ1v) is 6.31. The first-order chi connectivity index (χ1) is 9.43. The molecule has 20 heavy (non-hydrogen) atoms. The quantitative estimate of drug-likeness (QED) is 0.475. The molecule has 0 atom stereocenters. The van der Waals surface area contributed by atoms with E-state index in [2.05, 4.69) is 0 Å². The van der Waals surface area contributed by atoms with Crippen LogP contribution in [0, 0.1) is 0 Å². The summed E-state index contributed by atoms with van der Waals surface area (Å²) in [6.45, 7) is 0.0704. The number of ether oxygens (including phenoxy) is 2. The van der Waals surface area contributed by atoms with Crippen molar-refractivity contribution < 1.29 is 23.5 Å². The number of carbonyl (C=O) groups is 2. The maximum atomic E-state index is 12.3. The molecule has 0 saturated heterocycles. The summed E-state index contributed by atoms with van der Waals surface area (Å²) < 4.78 is 24.0. The van der Waals surface area contributed by atoms with E-state index < -0.39 is 12.3 Å². The maximum absolute atomic E-state index is 12.3. The van der Waals surface area contributed by atoms with Gasteiger partial charge in [-0.25, -0.2) is 18.2 Å². The molecule has 0 N–H and O–H groups in total. The molecule has 2 amide bonds. The Bertz CT molecular complexity index is 469. The number of halogens is 1. The van der Waals surface area contributed by atoms with Gasteiger partial charge in [-0.05, 0) is 17.7 Å². The molecule has 1 aromatic carbocycles. The van der Waals surface area contributed by atoms with Gasteiger partial charge in [0.2, 0.25) is 0 Å². The second kappa shape index (κ2) is 7.59. The Morgan fingerprint density at radius 3 is 2.30 bits per heavy atom. The van der Waals surface area contributed by atoms with Crippen LogP contribution >= 0.6 is 12.1 Å². The number of amides is 2. The van der Waals surface area contributed by atoms with Crippen molar-refractivity contribution in [2.75, 3.05) is 21.2 Å². The lowest BCUT2D eigenvalue weighted by molar-refractivity contribution is 0.125. The van der Waals surface area contributed by atoms with Crippen molar-refractivity contribution in [1.29, 1.82) is 0 Å². The first-order valence-electron chi connectivity index (χ1n) is 5.58. The summed E-state index contributed by atoms with van der Waals surface area (Å²) >= 11 is 0.605. The minimum atomic E-state index is -1.65. The molecule has 0 aromatic heterocycles. The van der Waals surface area contributed by atoms with Crippen LogP contribution in [0.4, 0.5) is 14.0 Å². The molecule has 0 aliphatic carbocycles. The van der Waals surface area contributed by atoms with Crippen molar-refractivity contribution in [2.24, 2.45) is 0 Å². The lowest BCUT2D eigenvalue weighted by Crippen LogP contribution is -2.27. The smallest absolute Gasteiger partial charge is 0.421 e. The fourth-order valence-electron chi connectivity index (χ4n) is 1.21. The predicted molar refractivity (Wildman–Crippen MR) is 72.8 cm³/mol. The normalized spacial score (nSPS) is 9.80. The van der Waals surface area contributed by atoms with Gasteiger partial charge >= 0.3 is 12.3 Å². The highest BCUT2D eigenvalue weighted by atomic mass is 32.2. The number of benzene rings is 1. The summed E-state index contributed by atoms with van der Waals surface area (Å²) in [6, 6.07) is 7.02. The standard InChI is InChI=1S/C12H15FN2O4S/c1-14(11(13)16)20-15(2)12(17)19-8-9-4-6-10(18-3)7-5-9/h4-7H,8H2,1-3H3. The number of hydrogen-bond acceptors (Lipinski definition) is 5. The van der Waals surface area contributed by atoms with Crippen LogP contribution in [0.15, 0.2) is 24.3 Å². The predicted octanol–water partition coefficient (Wildman–Crippen LogP) is 2.85. The molecule has 110 valence electrons. The Kier molecular flexibility index (Phi) is 6.10. The van der Waals surface area contributed by atoms with Crippen molar-refractivity contribution in [3.8, 4) is 5.75 Å². The third-order valence-corrected chi connectivity index (χ3v) is 3.05. The number of hydrogen-bond donors (Lipinski definition) is 0. The lowest BCUT2D eigenvalue weighted by Gasteiger charge is -2.19. The topological polar surface area (TPSA) is 59.1 Å². The van der Waals surface area contributed by atoms with Crippen LogP contribution in [-0.4, -0.2) is 42.1 Å². The van der Waals surface area contributed by atoms with Gasteiger partial charge in [-0.1, -0.05) is 12.1 Å². The number of carbonyl (C=O) groups excluding carboxylic acids is 2. The molecule has 0 radical (unpaired) electrons. The van der Waals surface area contributed by atoms with Gasteiger partial charge in [-0.15, -0.1) is 4.39 Å². The van der Waals surface area contributed by atoms with Crippen LogP contribution in [-0.2, 0) is 11.3 Å². The Labute approximate surface area is 120 Å². The molecule has 0 saturated carbocycles. The number of methoxy groups -OCH3 is 1. The zero-order chi connectivity index (χ0) is 15.1. The fraction of sp³-hybridized carbons (Fsp3) is 0.333. The molecule has 8 heteroatoms. The van der Waals surface area contributed by atoms with Gasteiger partial charge in [0, 0.05) is 14.1 Å². The van der Waals surface area contributed by atoms with E-state index >= 15 is 0 Å². The van der Waals surface area contributed by atoms with E-state index in [1.54, 1.807) is 31.4 Å². The van der Waals surface area contributed by atoms with Crippen molar-refractivity contribution in [2.45, 2.75) is 6.61 Å². The van der Waals surface area contributed by atoms with Crippen LogP contribution < -0.4 is 4.74 Å². The van der Waals surface area contributed by atoms with Crippen molar-refractivity contribution in [3.05, 3.63) is 29.8 Å². The van der Waals surface area contributed by atoms with Crippen LogP contribution in [0.5, 0.6) is 5.75 Å². The van der Waals surface area contributed by atoms with Crippen LogP contribution in [0.1, 0.15) is 5.56 Å². The van der Waals surface area contributed by atoms with Gasteiger partial charge in [0.25, 0.3) is 0 Å². The van der Waals surface area contributed by atoms with Crippen LogP contribution in [0.3, 0.4) is 0 Å². The van der Waals surface area contributed by atoms with Gasteiger partial charge in [-0.2, -0.15) is 0 Å². The van der Waals surface area contributed by atoms with E-state index in [4.69, 9.17) is 9.47 Å². The molecule has 0 fully saturated rings. The van der Waals surface area contributed by atoms with E-state index in [-0.39, 0.29) is 6.61 Å². The van der Waals surface area contributed by atoms with E-state index in [0.29, 0.717) is 22.2 Å². The summed E-state index contributed by atoms with van der Waals surface area (Å²) in [7, 11) is 4.14. The average molecular weight is 302 g/mol. The highest BCUT2D eigenvalue weighted by Crippen LogP contribution is 2.16. The number of rotatable bonds is 5. The van der Waals surface area contributed by atoms with E-state index in [9.17, 15) is 14.0 Å². The van der Waals surface area contributed by atoms with Crippen LogP contribution in [0.25, 0.3) is 0 Å². The third-order valence-electron chi connectivity index (χ3n) is 2.27. The average Bonchev–Trinajstić information content (AvgIpc) is 2.44. The molecular weight excluding hydrogens is 287 g/mol. The van der Waals surface area contributed by atoms with Gasteiger partial charge in [0.05, 0.1) is 19.2 Å². The summed E-state index contributed by atoms with van der Waals surface area (Å²) in [5.41, 5.74) is 0.785. The maximum Gasteiger partial charge on any atom is 0.421 e. The van der Waals surface area contributed by atoms with E-state index in [0.717, 1.165) is 9.87 Å². The molecule has 1 rings (SSSR count). The SMILES string of the molecule is COc1ccc(COC(=O)N(C)SN(C)C(=O)F)cc1. The second-order valence-electron chi connectivity index (χ2n) is 3.73. The van der Waals surface area contributed by atoms with Crippen LogP contribution in [0.2, 0.25) is 0 Å². The minimum absolute atomic E-state index is 0.0704. The fourth-order valence-corrected chi connectivity index (χ4v) is 1.76. The molecule has 0 unspecified atom stereocenters. The third kappa shape index (κ3) is 4.96. The minimum Gasteiger partial charge on any atom is -0.497 e. The van der Waals surface area contributed by atoms with Gasteiger partial charge in [0.1, 0.15) is 12.4 Å². The molecule has 0 spiro atoms. The molecule has 1 aromatic rings. The van der Waals surface area contributed by atoms with Crippen molar-refractivity contribution in [1.82, 2.24) is 8.61 Å². The van der Waals surface area contributed by atoms with Gasteiger partial charge in [0.15, 0.2) is 0 Å². The Balaban J connectivity index is 2.43. The second-order valence-corrected chi connectivity index (χ2v) is 4.99. The zero-order valence-electron chi connectivity index (χ0n) is 11.3. The van der Waals surface area contributed by atoms with E-state index in [1.165, 1.54) is 14.1 Å². The molecule has 0 bridgehead atoms. The highest BCUT2D eigenvalue weighted by Gasteiger charge is 2.17. The largest absolute Gasteiger partial charge is 0.497 e. The van der Waals surface area contributed by atoms with Gasteiger partial charge in [-0.3, -0.25) is 0 Å². The lowest BCUT2D eigenvalue weighted by atomic mass is 10.2. The Morgan fingerprint density at radius 2 is 1.80 bits per heavy atom. The molecule has 0 aliphatic rings. The summed E-state index contributed by atoms with van der Waals surface area (Å²) in [4.78, 5) is 22.0. The Hall–Kier alpha value is -1.96. The monoisotopic (exact) mass is 302 g/mol. The summed E-state index contributed by atoms with van der Waals surface area (Å²) in [5.74, 6) is 0.704. The van der Waals surface area contributed by atoms with Gasteiger partial charge < -0.3 is 9.47 Å². The first kappa shape index (κ1) is 16.1. The zero-order valence-corrected chi connectivity index (χ0v) is 12.1. The Morgan fingerprint density at radius 1 is 1.20 bits per heavy atom. The molecular formula is C12H15FN2O4S. The van der Waals surface area contributed by atoms with Crippen molar-refractivity contribution >= 4 is 24.4 Å². The molecule has 0 aliphatic heterocycles. The highest BCUT2D eigenvalue weighted by molar-refractivity contribution is 7.95.